The van der Waals surface area contributed by atoms with E-state index in [1.165, 1.54) is 18.4 Å². The number of primary amides is 1. The summed E-state index contributed by atoms with van der Waals surface area (Å²) < 4.78 is 31.1. The minimum absolute atomic E-state index is 0.196. The molecule has 8 heteroatoms. The molecule has 0 aliphatic carbocycles. The zero-order valence-electron chi connectivity index (χ0n) is 15.8. The van der Waals surface area contributed by atoms with Crippen LogP contribution in [-0.2, 0) is 21.4 Å². The molecule has 27 heavy (non-hydrogen) atoms. The topological polar surface area (TPSA) is 92.9 Å². The molecule has 0 aliphatic heterocycles. The van der Waals surface area contributed by atoms with E-state index < -0.39 is 15.9 Å². The minimum atomic E-state index is -3.51. The number of benzene rings is 2. The van der Waals surface area contributed by atoms with Gasteiger partial charge in [0.15, 0.2) is 0 Å². The number of amides is 1. The van der Waals surface area contributed by atoms with Gasteiger partial charge in [0.2, 0.25) is 15.9 Å². The molecule has 0 atom stereocenters. The first-order valence-electron chi connectivity index (χ1n) is 8.43. The number of methoxy groups -OCH3 is 1. The fraction of sp³-hybridized carbons (Fsp3) is 0.316. The van der Waals surface area contributed by atoms with Crippen molar-refractivity contribution in [2.75, 3.05) is 32.6 Å². The maximum Gasteiger partial charge on any atom is 0.242 e. The maximum absolute atomic E-state index is 12.4. The lowest BCUT2D eigenvalue weighted by molar-refractivity contribution is -0.117. The highest BCUT2D eigenvalue weighted by Gasteiger charge is 2.18. The first-order chi connectivity index (χ1) is 12.7. The fourth-order valence-corrected chi connectivity index (χ4v) is 3.55. The number of hydrogen-bond acceptors (Lipinski definition) is 5. The zero-order chi connectivity index (χ0) is 20.0. The highest BCUT2D eigenvalue weighted by Crippen LogP contribution is 2.23. The van der Waals surface area contributed by atoms with Crippen molar-refractivity contribution in [3.63, 3.8) is 0 Å². The molecule has 2 aromatic carbocycles. The molecular formula is C19H25N3O4S. The second-order valence-corrected chi connectivity index (χ2v) is 8.42. The van der Waals surface area contributed by atoms with Gasteiger partial charge in [-0.15, -0.1) is 0 Å². The van der Waals surface area contributed by atoms with Crippen molar-refractivity contribution in [1.82, 2.24) is 4.31 Å². The highest BCUT2D eigenvalue weighted by atomic mass is 32.2. The Morgan fingerprint density at radius 1 is 1.11 bits per heavy atom. The van der Waals surface area contributed by atoms with Crippen molar-refractivity contribution in [1.29, 1.82) is 0 Å². The molecule has 0 bridgehead atoms. The predicted octanol–water partition coefficient (Wildman–Crippen LogP) is 1.83. The Balaban J connectivity index is 2.30. The van der Waals surface area contributed by atoms with Crippen LogP contribution in [0.5, 0.6) is 5.75 Å². The van der Waals surface area contributed by atoms with Gasteiger partial charge >= 0.3 is 0 Å². The van der Waals surface area contributed by atoms with Crippen LogP contribution >= 0.6 is 0 Å². The number of anilines is 1. The van der Waals surface area contributed by atoms with Crippen LogP contribution in [0, 0.1) is 0 Å². The summed E-state index contributed by atoms with van der Waals surface area (Å²) in [6.45, 7) is 0.864. The van der Waals surface area contributed by atoms with Crippen molar-refractivity contribution in [2.45, 2.75) is 17.9 Å². The number of rotatable bonds is 9. The second kappa shape index (κ2) is 8.88. The van der Waals surface area contributed by atoms with E-state index in [1.807, 2.05) is 35.2 Å². The van der Waals surface area contributed by atoms with Crippen molar-refractivity contribution in [3.8, 4) is 5.75 Å². The number of carbonyl (C=O) groups is 1. The minimum Gasteiger partial charge on any atom is -0.497 e. The van der Waals surface area contributed by atoms with E-state index in [2.05, 4.69) is 0 Å². The highest BCUT2D eigenvalue weighted by molar-refractivity contribution is 7.89. The third-order valence-corrected chi connectivity index (χ3v) is 5.93. The van der Waals surface area contributed by atoms with Crippen LogP contribution < -0.4 is 15.4 Å². The summed E-state index contributed by atoms with van der Waals surface area (Å²) in [4.78, 5) is 13.4. The van der Waals surface area contributed by atoms with E-state index in [9.17, 15) is 13.2 Å². The lowest BCUT2D eigenvalue weighted by Gasteiger charge is -2.25. The maximum atomic E-state index is 12.4. The molecule has 0 spiro atoms. The summed E-state index contributed by atoms with van der Waals surface area (Å²) in [7, 11) is 1.08. The molecule has 1 amide bonds. The molecule has 2 N–H and O–H groups in total. The number of carbonyl (C=O) groups excluding carboxylic acids is 1. The molecule has 0 saturated heterocycles. The summed E-state index contributed by atoms with van der Waals surface area (Å²) >= 11 is 0. The van der Waals surface area contributed by atoms with Gasteiger partial charge in [0.25, 0.3) is 0 Å². The lowest BCUT2D eigenvalue weighted by atomic mass is 10.2. The molecule has 0 aromatic heterocycles. The van der Waals surface area contributed by atoms with Crippen LogP contribution in [0.15, 0.2) is 53.4 Å². The molecule has 146 valence electrons. The van der Waals surface area contributed by atoms with Gasteiger partial charge in [-0.2, -0.15) is 0 Å². The van der Waals surface area contributed by atoms with E-state index in [0.29, 0.717) is 13.1 Å². The quantitative estimate of drug-likeness (QED) is 0.704. The molecule has 2 rings (SSSR count). The zero-order valence-corrected chi connectivity index (χ0v) is 16.6. The summed E-state index contributed by atoms with van der Waals surface area (Å²) in [6, 6.07) is 14.2. The summed E-state index contributed by atoms with van der Waals surface area (Å²) in [5.74, 6) is 0.338. The fourth-order valence-electron chi connectivity index (χ4n) is 2.57. The van der Waals surface area contributed by atoms with Gasteiger partial charge in [-0.25, -0.2) is 12.7 Å². The van der Waals surface area contributed by atoms with E-state index >= 15 is 0 Å². The smallest absolute Gasteiger partial charge is 0.242 e. The lowest BCUT2D eigenvalue weighted by Crippen LogP contribution is -2.28. The van der Waals surface area contributed by atoms with Gasteiger partial charge in [-0.05, 0) is 42.0 Å². The Bertz CT molecular complexity index is 880. The second-order valence-electron chi connectivity index (χ2n) is 6.27. The van der Waals surface area contributed by atoms with Crippen LogP contribution in [0.1, 0.15) is 12.0 Å². The van der Waals surface area contributed by atoms with Gasteiger partial charge in [-0.1, -0.05) is 12.1 Å². The largest absolute Gasteiger partial charge is 0.497 e. The third-order valence-electron chi connectivity index (χ3n) is 4.12. The van der Waals surface area contributed by atoms with Crippen LogP contribution in [0.25, 0.3) is 0 Å². The number of nitrogens with zero attached hydrogens (tertiary/aromatic N) is 2. The van der Waals surface area contributed by atoms with Crippen LogP contribution in [0.4, 0.5) is 5.69 Å². The monoisotopic (exact) mass is 391 g/mol. The normalized spacial score (nSPS) is 11.4. The van der Waals surface area contributed by atoms with Crippen molar-refractivity contribution < 1.29 is 17.9 Å². The first kappa shape index (κ1) is 20.7. The Labute approximate surface area is 160 Å². The number of hydrogen-bond donors (Lipinski definition) is 1. The Morgan fingerprint density at radius 2 is 1.78 bits per heavy atom. The molecule has 0 aliphatic rings. The Hall–Kier alpha value is -2.58. The van der Waals surface area contributed by atoms with Crippen LogP contribution in [-0.4, -0.2) is 46.4 Å². The summed E-state index contributed by atoms with van der Waals surface area (Å²) in [5, 5.41) is 0. The number of sulfonamides is 1. The molecule has 0 fully saturated rings. The third kappa shape index (κ3) is 5.45. The van der Waals surface area contributed by atoms with Crippen LogP contribution in [0.3, 0.4) is 0 Å². The average Bonchev–Trinajstić information content (AvgIpc) is 2.65. The Kier molecular flexibility index (Phi) is 6.81. The molecule has 0 saturated carbocycles. The molecule has 2 aromatic rings. The van der Waals surface area contributed by atoms with E-state index in [4.69, 9.17) is 10.5 Å². The molecule has 0 heterocycles. The van der Waals surface area contributed by atoms with Crippen molar-refractivity contribution >= 4 is 21.6 Å². The molecular weight excluding hydrogens is 366 g/mol. The molecule has 0 unspecified atom stereocenters. The summed E-state index contributed by atoms with van der Waals surface area (Å²) in [6.07, 6.45) is 0.196. The van der Waals surface area contributed by atoms with Gasteiger partial charge in [0.1, 0.15) is 5.75 Å². The Morgan fingerprint density at radius 3 is 2.33 bits per heavy atom. The molecule has 0 radical (unpaired) electrons. The van der Waals surface area contributed by atoms with Gasteiger partial charge in [0.05, 0.1) is 12.0 Å². The van der Waals surface area contributed by atoms with E-state index in [-0.39, 0.29) is 11.3 Å². The number of ether oxygens (including phenoxy) is 1. The number of nitrogens with two attached hydrogens (primary N) is 1. The van der Waals surface area contributed by atoms with Crippen LogP contribution in [0.2, 0.25) is 0 Å². The SMILES string of the molecule is COc1ccc(N(CCC(N)=O)Cc2cccc(S(=O)(=O)N(C)C)c2)cc1. The van der Waals surface area contributed by atoms with Gasteiger partial charge in [0, 0.05) is 39.3 Å². The first-order valence-corrected chi connectivity index (χ1v) is 9.87. The van der Waals surface area contributed by atoms with Crippen molar-refractivity contribution in [2.24, 2.45) is 5.73 Å². The standard InChI is InChI=1S/C19H25N3O4S/c1-21(2)27(24,25)18-6-4-5-15(13-18)14-22(12-11-19(20)23)16-7-9-17(26-3)10-8-16/h4-10,13H,11-12,14H2,1-3H3,(H2,20,23). The van der Waals surface area contributed by atoms with Gasteiger partial charge < -0.3 is 15.4 Å². The van der Waals surface area contributed by atoms with E-state index in [0.717, 1.165) is 17.0 Å². The van der Waals surface area contributed by atoms with E-state index in [1.54, 1.807) is 25.3 Å². The predicted molar refractivity (Wildman–Crippen MR) is 105 cm³/mol. The average molecular weight is 391 g/mol. The van der Waals surface area contributed by atoms with Crippen molar-refractivity contribution in [3.05, 3.63) is 54.1 Å². The summed E-state index contributed by atoms with van der Waals surface area (Å²) in [5.41, 5.74) is 7.01. The van der Waals surface area contributed by atoms with Gasteiger partial charge in [-0.3, -0.25) is 4.79 Å². The molecule has 7 nitrogen and oxygen atoms in total.